The number of para-hydroxylation sites is 1. The first-order chi connectivity index (χ1) is 14.8. The van der Waals surface area contributed by atoms with E-state index in [1.807, 2.05) is 30.3 Å². The van der Waals surface area contributed by atoms with Crippen molar-refractivity contribution in [1.29, 1.82) is 0 Å². The fraction of sp³-hybridized carbons (Fsp3) is 0.304. The fourth-order valence-corrected chi connectivity index (χ4v) is 4.54. The van der Waals surface area contributed by atoms with Crippen LogP contribution in [0.2, 0.25) is 10.0 Å². The van der Waals surface area contributed by atoms with Gasteiger partial charge in [0, 0.05) is 17.0 Å². The number of benzene rings is 2. The van der Waals surface area contributed by atoms with Crippen LogP contribution in [0.4, 0.5) is 5.13 Å². The molecule has 0 radical (unpaired) electrons. The first-order valence-corrected chi connectivity index (χ1v) is 11.4. The SMILES string of the molecule is COc1ccccc1CC(CNc1nc(-c2ccc(Cl)c(Cl)c2)c(C(C)C)s1)C(=O)O. The van der Waals surface area contributed by atoms with Gasteiger partial charge in [0.1, 0.15) is 5.75 Å². The molecule has 2 N–H and O–H groups in total. The number of carbonyl (C=O) groups is 1. The van der Waals surface area contributed by atoms with Crippen molar-refractivity contribution in [2.75, 3.05) is 19.0 Å². The van der Waals surface area contributed by atoms with Crippen molar-refractivity contribution in [3.05, 3.63) is 63.0 Å². The highest BCUT2D eigenvalue weighted by molar-refractivity contribution is 7.16. The molecule has 5 nitrogen and oxygen atoms in total. The average Bonchev–Trinajstić information content (AvgIpc) is 3.17. The van der Waals surface area contributed by atoms with Crippen LogP contribution < -0.4 is 10.1 Å². The average molecular weight is 479 g/mol. The number of rotatable bonds is 9. The Balaban J connectivity index is 1.81. The van der Waals surface area contributed by atoms with E-state index < -0.39 is 11.9 Å². The number of hydrogen-bond donors (Lipinski definition) is 2. The fourth-order valence-electron chi connectivity index (χ4n) is 3.24. The van der Waals surface area contributed by atoms with E-state index in [0.717, 1.165) is 21.7 Å². The summed E-state index contributed by atoms with van der Waals surface area (Å²) in [6, 6.07) is 12.9. The summed E-state index contributed by atoms with van der Waals surface area (Å²) in [5.74, 6) is -0.562. The van der Waals surface area contributed by atoms with Crippen molar-refractivity contribution in [1.82, 2.24) is 4.98 Å². The second-order valence-electron chi connectivity index (χ2n) is 7.45. The van der Waals surface area contributed by atoms with Crippen LogP contribution in [0.15, 0.2) is 42.5 Å². The van der Waals surface area contributed by atoms with Crippen molar-refractivity contribution in [2.45, 2.75) is 26.2 Å². The Labute approximate surface area is 196 Å². The number of nitrogens with zero attached hydrogens (tertiary/aromatic N) is 1. The van der Waals surface area contributed by atoms with Gasteiger partial charge in [0.25, 0.3) is 0 Å². The Kier molecular flexibility index (Phi) is 7.81. The molecule has 0 fully saturated rings. The minimum absolute atomic E-state index is 0.249. The van der Waals surface area contributed by atoms with Crippen LogP contribution in [0, 0.1) is 5.92 Å². The summed E-state index contributed by atoms with van der Waals surface area (Å²) in [6.07, 6.45) is 0.356. The van der Waals surface area contributed by atoms with Gasteiger partial charge < -0.3 is 15.2 Å². The minimum atomic E-state index is -0.872. The summed E-state index contributed by atoms with van der Waals surface area (Å²) < 4.78 is 5.36. The molecule has 0 saturated carbocycles. The molecular weight excluding hydrogens is 455 g/mol. The standard InChI is InChI=1S/C23H24Cl2N2O3S/c1-13(2)21-20(15-8-9-17(24)18(25)11-15)27-23(31-21)26-12-16(22(28)29)10-14-6-4-5-7-19(14)30-3/h4-9,11,13,16H,10,12H2,1-3H3,(H,26,27)(H,28,29). The molecule has 3 rings (SSSR count). The highest BCUT2D eigenvalue weighted by Crippen LogP contribution is 2.38. The van der Waals surface area contributed by atoms with Crippen LogP contribution in [0.1, 0.15) is 30.2 Å². The first-order valence-electron chi connectivity index (χ1n) is 9.84. The van der Waals surface area contributed by atoms with E-state index in [-0.39, 0.29) is 12.5 Å². The zero-order valence-electron chi connectivity index (χ0n) is 17.5. The number of thiazole rings is 1. The quantitative estimate of drug-likeness (QED) is 0.362. The second kappa shape index (κ2) is 10.4. The number of aliphatic carboxylic acids is 1. The summed E-state index contributed by atoms with van der Waals surface area (Å²) in [4.78, 5) is 17.7. The third-order valence-electron chi connectivity index (χ3n) is 4.88. The topological polar surface area (TPSA) is 71.5 Å². The summed E-state index contributed by atoms with van der Waals surface area (Å²) in [6.45, 7) is 4.44. The number of carboxylic acids is 1. The van der Waals surface area contributed by atoms with Gasteiger partial charge >= 0.3 is 5.97 Å². The lowest BCUT2D eigenvalue weighted by molar-refractivity contribution is -0.141. The van der Waals surface area contributed by atoms with Crippen molar-refractivity contribution in [3.63, 3.8) is 0 Å². The van der Waals surface area contributed by atoms with Gasteiger partial charge in [-0.15, -0.1) is 11.3 Å². The van der Waals surface area contributed by atoms with Gasteiger partial charge in [0.2, 0.25) is 0 Å². The van der Waals surface area contributed by atoms with Gasteiger partial charge in [-0.3, -0.25) is 4.79 Å². The summed E-state index contributed by atoms with van der Waals surface area (Å²) in [5, 5.41) is 14.6. The molecule has 1 aromatic heterocycles. The number of hydrogen-bond acceptors (Lipinski definition) is 5. The molecule has 0 aliphatic heterocycles. The van der Waals surface area contributed by atoms with Crippen LogP contribution in [-0.2, 0) is 11.2 Å². The molecule has 3 aromatic rings. The van der Waals surface area contributed by atoms with Crippen molar-refractivity contribution in [3.8, 4) is 17.0 Å². The molecule has 1 heterocycles. The number of aromatic nitrogens is 1. The molecule has 2 aromatic carbocycles. The Bertz CT molecular complexity index is 1070. The lowest BCUT2D eigenvalue weighted by atomic mass is 9.98. The maximum Gasteiger partial charge on any atom is 0.308 e. The Morgan fingerprint density at radius 3 is 2.58 bits per heavy atom. The van der Waals surface area contributed by atoms with Crippen LogP contribution in [0.5, 0.6) is 5.75 Å². The molecular formula is C23H24Cl2N2O3S. The summed E-state index contributed by atoms with van der Waals surface area (Å²) >= 11 is 13.8. The van der Waals surface area contributed by atoms with E-state index in [0.29, 0.717) is 27.3 Å². The van der Waals surface area contributed by atoms with Gasteiger partial charge in [-0.2, -0.15) is 0 Å². The van der Waals surface area contributed by atoms with E-state index >= 15 is 0 Å². The van der Waals surface area contributed by atoms with Crippen molar-refractivity contribution in [2.24, 2.45) is 5.92 Å². The molecule has 164 valence electrons. The molecule has 0 aliphatic carbocycles. The van der Waals surface area contributed by atoms with E-state index in [4.69, 9.17) is 32.9 Å². The zero-order valence-corrected chi connectivity index (χ0v) is 19.8. The molecule has 0 saturated heterocycles. The van der Waals surface area contributed by atoms with Crippen LogP contribution >= 0.6 is 34.5 Å². The van der Waals surface area contributed by atoms with Gasteiger partial charge in [0.15, 0.2) is 5.13 Å². The minimum Gasteiger partial charge on any atom is -0.496 e. The molecule has 0 bridgehead atoms. The molecule has 31 heavy (non-hydrogen) atoms. The molecule has 1 unspecified atom stereocenters. The van der Waals surface area contributed by atoms with E-state index in [1.165, 1.54) is 11.3 Å². The van der Waals surface area contributed by atoms with Gasteiger partial charge in [-0.25, -0.2) is 4.98 Å². The molecule has 8 heteroatoms. The van der Waals surface area contributed by atoms with Crippen molar-refractivity contribution < 1.29 is 14.6 Å². The normalized spacial score (nSPS) is 12.1. The predicted molar refractivity (Wildman–Crippen MR) is 128 cm³/mol. The predicted octanol–water partition coefficient (Wildman–Crippen LogP) is 6.60. The largest absolute Gasteiger partial charge is 0.496 e. The number of halogens is 2. The zero-order chi connectivity index (χ0) is 22.5. The van der Waals surface area contributed by atoms with E-state index in [2.05, 4.69) is 19.2 Å². The van der Waals surface area contributed by atoms with Crippen LogP contribution in [0.25, 0.3) is 11.3 Å². The third-order valence-corrected chi connectivity index (χ3v) is 6.93. The summed E-state index contributed by atoms with van der Waals surface area (Å²) in [5.41, 5.74) is 2.57. The monoisotopic (exact) mass is 478 g/mol. The van der Waals surface area contributed by atoms with Gasteiger partial charge in [-0.05, 0) is 36.1 Å². The third kappa shape index (κ3) is 5.70. The van der Waals surface area contributed by atoms with Gasteiger partial charge in [-0.1, -0.05) is 61.3 Å². The number of anilines is 1. The van der Waals surface area contributed by atoms with Crippen LogP contribution in [-0.4, -0.2) is 29.7 Å². The van der Waals surface area contributed by atoms with Gasteiger partial charge in [0.05, 0.1) is 28.8 Å². The summed E-state index contributed by atoms with van der Waals surface area (Å²) in [7, 11) is 1.58. The Hall–Kier alpha value is -2.28. The molecule has 1 atom stereocenters. The first kappa shape index (κ1) is 23.4. The lowest BCUT2D eigenvalue weighted by Gasteiger charge is -2.15. The molecule has 0 spiro atoms. The lowest BCUT2D eigenvalue weighted by Crippen LogP contribution is -2.25. The number of ether oxygens (including phenoxy) is 1. The Morgan fingerprint density at radius 1 is 1.19 bits per heavy atom. The van der Waals surface area contributed by atoms with E-state index in [1.54, 1.807) is 19.2 Å². The molecule has 0 aliphatic rings. The number of nitrogens with one attached hydrogen (secondary N) is 1. The van der Waals surface area contributed by atoms with E-state index in [9.17, 15) is 9.90 Å². The smallest absolute Gasteiger partial charge is 0.308 e. The maximum absolute atomic E-state index is 11.9. The highest BCUT2D eigenvalue weighted by atomic mass is 35.5. The highest BCUT2D eigenvalue weighted by Gasteiger charge is 2.22. The molecule has 0 amide bonds. The second-order valence-corrected chi connectivity index (χ2v) is 9.29. The number of methoxy groups -OCH3 is 1. The maximum atomic E-state index is 11.9. The van der Waals surface area contributed by atoms with Crippen molar-refractivity contribution >= 4 is 45.6 Å². The number of carboxylic acid groups (broad SMARTS) is 1. The Morgan fingerprint density at radius 2 is 1.94 bits per heavy atom. The van der Waals surface area contributed by atoms with Crippen LogP contribution in [0.3, 0.4) is 0 Å².